The summed E-state index contributed by atoms with van der Waals surface area (Å²) in [5, 5.41) is 8.73. The lowest BCUT2D eigenvalue weighted by atomic mass is 9.99. The Morgan fingerprint density at radius 1 is 1.11 bits per heavy atom. The average molecular weight is 259 g/mol. The summed E-state index contributed by atoms with van der Waals surface area (Å²) in [5.41, 5.74) is 2.12. The minimum Gasteiger partial charge on any atom is -0.535 e. The molecule has 1 radical (unpaired) electrons. The number of aryl methyl sites for hydroxylation is 1. The van der Waals surface area contributed by atoms with E-state index in [1.165, 1.54) is 19.2 Å². The van der Waals surface area contributed by atoms with Crippen LogP contribution in [0.2, 0.25) is 0 Å². The molecule has 1 N–H and O–H groups in total. The largest absolute Gasteiger partial charge is 0.569 e. The maximum absolute atomic E-state index is 14.1. The van der Waals surface area contributed by atoms with E-state index in [-0.39, 0.29) is 11.5 Å². The number of ether oxygens (including phenoxy) is 1. The predicted octanol–water partition coefficient (Wildman–Crippen LogP) is 2.72. The summed E-state index contributed by atoms with van der Waals surface area (Å²) in [6.07, 6.45) is 0. The highest BCUT2D eigenvalue weighted by atomic mass is 19.1. The molecule has 0 aliphatic carbocycles. The molecule has 2 rings (SSSR count). The van der Waals surface area contributed by atoms with Gasteiger partial charge in [0.2, 0.25) is 0 Å². The van der Waals surface area contributed by atoms with Crippen LogP contribution in [0, 0.1) is 12.7 Å². The Morgan fingerprint density at radius 2 is 1.84 bits per heavy atom. The second kappa shape index (κ2) is 5.76. The molecule has 0 fully saturated rings. The van der Waals surface area contributed by atoms with Gasteiger partial charge in [0.15, 0.2) is 5.75 Å². The van der Waals surface area contributed by atoms with E-state index in [1.807, 2.05) is 31.2 Å². The first-order valence-electron chi connectivity index (χ1n) is 5.73. The number of methoxy groups -OCH3 is 1. The molecule has 2 aromatic carbocycles. The van der Waals surface area contributed by atoms with Crippen molar-refractivity contribution in [1.82, 2.24) is 0 Å². The molecular formula is C14H13BFO3. The molecule has 0 spiro atoms. The van der Waals surface area contributed by atoms with Crippen LogP contribution in [0.1, 0.15) is 5.56 Å². The molecule has 0 amide bonds. The molecule has 0 saturated heterocycles. The molecule has 0 aliphatic rings. The Balaban J connectivity index is 2.58. The van der Waals surface area contributed by atoms with E-state index in [9.17, 15) is 4.39 Å². The highest BCUT2D eigenvalue weighted by Gasteiger charge is 2.14. The topological polar surface area (TPSA) is 38.7 Å². The van der Waals surface area contributed by atoms with E-state index in [2.05, 4.69) is 0 Å². The van der Waals surface area contributed by atoms with Gasteiger partial charge in [-0.1, -0.05) is 24.3 Å². The first-order chi connectivity index (χ1) is 9.17. The van der Waals surface area contributed by atoms with Crippen LogP contribution in [-0.2, 0) is 0 Å². The van der Waals surface area contributed by atoms with Crippen LogP contribution in [0.3, 0.4) is 0 Å². The van der Waals surface area contributed by atoms with Gasteiger partial charge in [-0.2, -0.15) is 0 Å². The average Bonchev–Trinajstić information content (AvgIpc) is 2.41. The third-order valence-electron chi connectivity index (χ3n) is 2.87. The van der Waals surface area contributed by atoms with Crippen molar-refractivity contribution < 1.29 is 18.8 Å². The quantitative estimate of drug-likeness (QED) is 0.858. The van der Waals surface area contributed by atoms with E-state index < -0.39 is 5.82 Å². The normalized spacial score (nSPS) is 10.1. The zero-order valence-corrected chi connectivity index (χ0v) is 10.7. The number of benzene rings is 2. The number of rotatable bonds is 4. The van der Waals surface area contributed by atoms with Crippen molar-refractivity contribution in [3.8, 4) is 22.6 Å². The monoisotopic (exact) mass is 259 g/mol. The van der Waals surface area contributed by atoms with Crippen LogP contribution >= 0.6 is 0 Å². The Labute approximate surface area is 111 Å². The standard InChI is InChI=1S/C14H13BFO3/c1-9-5-3-4-6-10(9)11-7-14(19-15-17)13(18-2)8-12(11)16/h3-8,17H,1-2H3. The van der Waals surface area contributed by atoms with Crippen molar-refractivity contribution in [1.29, 1.82) is 0 Å². The van der Waals surface area contributed by atoms with Crippen molar-refractivity contribution in [2.75, 3.05) is 7.11 Å². The van der Waals surface area contributed by atoms with Crippen molar-refractivity contribution in [3.05, 3.63) is 47.8 Å². The van der Waals surface area contributed by atoms with Crippen molar-refractivity contribution in [2.45, 2.75) is 6.92 Å². The maximum Gasteiger partial charge on any atom is 0.569 e. The molecule has 0 bridgehead atoms. The number of hydrogen-bond acceptors (Lipinski definition) is 3. The lowest BCUT2D eigenvalue weighted by molar-refractivity contribution is 0.379. The molecule has 2 aromatic rings. The van der Waals surface area contributed by atoms with Crippen molar-refractivity contribution in [3.63, 3.8) is 0 Å². The van der Waals surface area contributed by atoms with Gasteiger partial charge in [-0.25, -0.2) is 4.39 Å². The maximum atomic E-state index is 14.1. The zero-order chi connectivity index (χ0) is 13.8. The third kappa shape index (κ3) is 2.71. The summed E-state index contributed by atoms with van der Waals surface area (Å²) in [6.45, 7) is 1.90. The van der Waals surface area contributed by atoms with Gasteiger partial charge in [-0.05, 0) is 24.1 Å². The van der Waals surface area contributed by atoms with E-state index in [0.717, 1.165) is 11.1 Å². The molecule has 3 nitrogen and oxygen atoms in total. The van der Waals surface area contributed by atoms with E-state index in [4.69, 9.17) is 14.4 Å². The highest BCUT2D eigenvalue weighted by Crippen LogP contribution is 2.35. The third-order valence-corrected chi connectivity index (χ3v) is 2.87. The minimum absolute atomic E-state index is 0.222. The number of halogens is 1. The fourth-order valence-electron chi connectivity index (χ4n) is 1.93. The van der Waals surface area contributed by atoms with Crippen molar-refractivity contribution in [2.24, 2.45) is 0 Å². The molecule has 0 atom stereocenters. The van der Waals surface area contributed by atoms with Crippen LogP contribution in [0.15, 0.2) is 36.4 Å². The Morgan fingerprint density at radius 3 is 2.47 bits per heavy atom. The summed E-state index contributed by atoms with van der Waals surface area (Å²) < 4.78 is 24.0. The molecule has 0 unspecified atom stereocenters. The summed E-state index contributed by atoms with van der Waals surface area (Å²) in [5.74, 6) is 0.0706. The Kier molecular flexibility index (Phi) is 4.07. The first kappa shape index (κ1) is 13.4. The molecular weight excluding hydrogens is 246 g/mol. The molecule has 0 aliphatic heterocycles. The van der Waals surface area contributed by atoms with Crippen LogP contribution in [0.4, 0.5) is 4.39 Å². The van der Waals surface area contributed by atoms with Crippen molar-refractivity contribution >= 4 is 7.69 Å². The van der Waals surface area contributed by atoms with E-state index in [1.54, 1.807) is 0 Å². The molecule has 5 heteroatoms. The van der Waals surface area contributed by atoms with Crippen LogP contribution in [-0.4, -0.2) is 19.8 Å². The van der Waals surface area contributed by atoms with Crippen LogP contribution in [0.25, 0.3) is 11.1 Å². The zero-order valence-electron chi connectivity index (χ0n) is 10.7. The lowest BCUT2D eigenvalue weighted by Crippen LogP contribution is -2.03. The molecule has 0 saturated carbocycles. The summed E-state index contributed by atoms with van der Waals surface area (Å²) in [6, 6.07) is 10.2. The minimum atomic E-state index is -0.406. The Hall–Kier alpha value is -2.01. The highest BCUT2D eigenvalue weighted by molar-refractivity contribution is 6.17. The summed E-state index contributed by atoms with van der Waals surface area (Å²) in [7, 11) is 1.95. The molecule has 97 valence electrons. The van der Waals surface area contributed by atoms with Crippen LogP contribution < -0.4 is 9.39 Å². The summed E-state index contributed by atoms with van der Waals surface area (Å²) in [4.78, 5) is 0. The molecule has 0 aromatic heterocycles. The Bertz CT molecular complexity index is 587. The SMILES string of the molecule is COc1cc(F)c(-c2ccccc2C)cc1O[B]O. The number of hydrogen-bond donors (Lipinski definition) is 1. The fraction of sp³-hybridized carbons (Fsp3) is 0.143. The van der Waals surface area contributed by atoms with Gasteiger partial charge in [-0.15, -0.1) is 0 Å². The van der Waals surface area contributed by atoms with Gasteiger partial charge in [0.25, 0.3) is 0 Å². The first-order valence-corrected chi connectivity index (χ1v) is 5.73. The predicted molar refractivity (Wildman–Crippen MR) is 71.7 cm³/mol. The van der Waals surface area contributed by atoms with Gasteiger partial charge >= 0.3 is 7.69 Å². The second-order valence-corrected chi connectivity index (χ2v) is 4.02. The van der Waals surface area contributed by atoms with Gasteiger partial charge in [0, 0.05) is 11.6 Å². The van der Waals surface area contributed by atoms with E-state index in [0.29, 0.717) is 13.2 Å². The van der Waals surface area contributed by atoms with Gasteiger partial charge in [-0.3, -0.25) is 0 Å². The molecule has 0 heterocycles. The smallest absolute Gasteiger partial charge is 0.535 e. The molecule has 19 heavy (non-hydrogen) atoms. The van der Waals surface area contributed by atoms with Gasteiger partial charge < -0.3 is 14.4 Å². The van der Waals surface area contributed by atoms with Gasteiger partial charge in [0.1, 0.15) is 11.6 Å². The lowest BCUT2D eigenvalue weighted by Gasteiger charge is -2.13. The fourth-order valence-corrected chi connectivity index (χ4v) is 1.93. The van der Waals surface area contributed by atoms with Crippen LogP contribution in [0.5, 0.6) is 11.5 Å². The van der Waals surface area contributed by atoms with Gasteiger partial charge in [0.05, 0.1) is 7.11 Å². The van der Waals surface area contributed by atoms with E-state index >= 15 is 0 Å². The summed E-state index contributed by atoms with van der Waals surface area (Å²) >= 11 is 0. The second-order valence-electron chi connectivity index (χ2n) is 4.02.